The van der Waals surface area contributed by atoms with Crippen LogP contribution in [0, 0.1) is 11.3 Å². The molecule has 0 unspecified atom stereocenters. The third kappa shape index (κ3) is 3.07. The Bertz CT molecular complexity index is 325. The van der Waals surface area contributed by atoms with Crippen LogP contribution in [-0.2, 0) is 0 Å². The second-order valence-electron chi connectivity index (χ2n) is 3.60. The molecule has 0 bridgehead atoms. The van der Waals surface area contributed by atoms with E-state index in [0.717, 1.165) is 13.1 Å². The van der Waals surface area contributed by atoms with Crippen molar-refractivity contribution in [3.05, 3.63) is 23.2 Å². The molecule has 1 aliphatic carbocycles. The van der Waals surface area contributed by atoms with Crippen molar-refractivity contribution < 1.29 is 4.39 Å². The number of nitrogens with one attached hydrogen (secondary N) is 1. The van der Waals surface area contributed by atoms with Crippen molar-refractivity contribution in [3.63, 3.8) is 0 Å². The van der Waals surface area contributed by atoms with Crippen LogP contribution in [0.3, 0.4) is 0 Å². The number of allylic oxidation sites excluding steroid dienone is 4. The summed E-state index contributed by atoms with van der Waals surface area (Å²) in [4.78, 5) is 1.90. The first-order valence-electron chi connectivity index (χ1n) is 5.04. The van der Waals surface area contributed by atoms with E-state index in [9.17, 15) is 4.39 Å². The largest absolute Gasteiger partial charge is 0.374 e. The van der Waals surface area contributed by atoms with Crippen LogP contribution in [0.15, 0.2) is 23.2 Å². The Labute approximate surface area is 89.9 Å². The fourth-order valence-electron chi connectivity index (χ4n) is 1.56. The highest BCUT2D eigenvalue weighted by Gasteiger charge is 2.16. The fourth-order valence-corrected chi connectivity index (χ4v) is 1.56. The average molecular weight is 209 g/mol. The van der Waals surface area contributed by atoms with Crippen molar-refractivity contribution >= 4 is 0 Å². The molecule has 0 aromatic rings. The fraction of sp³-hybridized carbons (Fsp3) is 0.545. The first-order valence-corrected chi connectivity index (χ1v) is 5.04. The summed E-state index contributed by atoms with van der Waals surface area (Å²) in [6.45, 7) is 1.59. The smallest absolute Gasteiger partial charge is 0.143 e. The summed E-state index contributed by atoms with van der Waals surface area (Å²) < 4.78 is 13.6. The van der Waals surface area contributed by atoms with Crippen LogP contribution in [-0.4, -0.2) is 32.1 Å². The monoisotopic (exact) mass is 209 g/mol. The van der Waals surface area contributed by atoms with Gasteiger partial charge in [0.05, 0.1) is 6.07 Å². The third-order valence-electron chi connectivity index (χ3n) is 2.51. The number of halogens is 1. The summed E-state index contributed by atoms with van der Waals surface area (Å²) in [5.74, 6) is -0.267. The Balaban J connectivity index is 2.70. The Hall–Kier alpha value is -1.34. The number of rotatable bonds is 4. The zero-order valence-corrected chi connectivity index (χ0v) is 9.18. The molecule has 0 saturated heterocycles. The first kappa shape index (κ1) is 11.7. The molecule has 0 radical (unpaired) electrons. The van der Waals surface area contributed by atoms with Crippen molar-refractivity contribution in [2.24, 2.45) is 0 Å². The van der Waals surface area contributed by atoms with Crippen molar-refractivity contribution in [2.45, 2.75) is 12.8 Å². The minimum Gasteiger partial charge on any atom is -0.374 e. The molecular weight excluding hydrogens is 193 g/mol. The van der Waals surface area contributed by atoms with Gasteiger partial charge < -0.3 is 10.2 Å². The van der Waals surface area contributed by atoms with Crippen LogP contribution in [0.4, 0.5) is 4.39 Å². The third-order valence-corrected chi connectivity index (χ3v) is 2.51. The van der Waals surface area contributed by atoms with Gasteiger partial charge in [0, 0.05) is 31.4 Å². The Morgan fingerprint density at radius 2 is 2.33 bits per heavy atom. The van der Waals surface area contributed by atoms with Gasteiger partial charge in [-0.15, -0.1) is 0 Å². The van der Waals surface area contributed by atoms with Crippen LogP contribution in [0.25, 0.3) is 0 Å². The van der Waals surface area contributed by atoms with E-state index in [1.54, 1.807) is 0 Å². The number of likely N-dealkylation sites (N-methyl/N-ethyl adjacent to an activating group) is 2. The molecule has 4 heteroatoms. The molecule has 0 heterocycles. The summed E-state index contributed by atoms with van der Waals surface area (Å²) in [6.07, 6.45) is 2.60. The molecule has 1 aliphatic rings. The lowest BCUT2D eigenvalue weighted by Crippen LogP contribution is -2.28. The van der Waals surface area contributed by atoms with E-state index in [-0.39, 0.29) is 5.83 Å². The lowest BCUT2D eigenvalue weighted by molar-refractivity contribution is 0.379. The Morgan fingerprint density at radius 1 is 1.60 bits per heavy atom. The highest BCUT2D eigenvalue weighted by molar-refractivity contribution is 5.35. The molecule has 15 heavy (non-hydrogen) atoms. The van der Waals surface area contributed by atoms with Gasteiger partial charge in [-0.1, -0.05) is 0 Å². The van der Waals surface area contributed by atoms with Gasteiger partial charge in [0.15, 0.2) is 0 Å². The lowest BCUT2D eigenvalue weighted by atomic mass is 10.0. The molecule has 1 rings (SSSR count). The van der Waals surface area contributed by atoms with Crippen LogP contribution in [0.2, 0.25) is 0 Å². The van der Waals surface area contributed by atoms with E-state index in [1.807, 2.05) is 25.1 Å². The van der Waals surface area contributed by atoms with Crippen LogP contribution >= 0.6 is 0 Å². The first-order chi connectivity index (χ1) is 7.19. The number of nitrogens with zero attached hydrogens (tertiary/aromatic N) is 2. The topological polar surface area (TPSA) is 39.1 Å². The molecule has 0 saturated carbocycles. The van der Waals surface area contributed by atoms with Crippen molar-refractivity contribution in [2.75, 3.05) is 27.2 Å². The molecule has 1 N–H and O–H groups in total. The van der Waals surface area contributed by atoms with E-state index in [2.05, 4.69) is 5.32 Å². The second-order valence-corrected chi connectivity index (χ2v) is 3.60. The zero-order valence-electron chi connectivity index (χ0n) is 9.18. The number of hydrogen-bond acceptors (Lipinski definition) is 3. The number of nitriles is 1. The van der Waals surface area contributed by atoms with Gasteiger partial charge >= 0.3 is 0 Å². The molecule has 3 nitrogen and oxygen atoms in total. The molecule has 0 aromatic carbocycles. The maximum Gasteiger partial charge on any atom is 0.143 e. The predicted molar refractivity (Wildman–Crippen MR) is 57.6 cm³/mol. The highest BCUT2D eigenvalue weighted by Crippen LogP contribution is 2.26. The van der Waals surface area contributed by atoms with Gasteiger partial charge in [-0.3, -0.25) is 0 Å². The summed E-state index contributed by atoms with van der Waals surface area (Å²) in [7, 11) is 3.74. The summed E-state index contributed by atoms with van der Waals surface area (Å²) in [5.41, 5.74) is 1.22. The van der Waals surface area contributed by atoms with Crippen LogP contribution < -0.4 is 5.32 Å². The normalized spacial score (nSPS) is 16.0. The average Bonchev–Trinajstić information content (AvgIpc) is 2.25. The minimum atomic E-state index is -0.267. The van der Waals surface area contributed by atoms with Gasteiger partial charge in [0.2, 0.25) is 0 Å². The molecular formula is C11H16FN3. The van der Waals surface area contributed by atoms with Crippen molar-refractivity contribution in [1.82, 2.24) is 10.2 Å². The standard InChI is InChI=1S/C11H16FN3/c1-14-5-6-15(2)11-4-3-9(8-13)7-10(11)12/h7,14H,3-6H2,1-2H3. The van der Waals surface area contributed by atoms with Crippen LogP contribution in [0.1, 0.15) is 12.8 Å². The Kier molecular flexibility index (Phi) is 4.32. The Morgan fingerprint density at radius 3 is 2.87 bits per heavy atom. The maximum absolute atomic E-state index is 13.6. The summed E-state index contributed by atoms with van der Waals surface area (Å²) in [5, 5.41) is 11.7. The molecule has 0 aromatic heterocycles. The van der Waals surface area contributed by atoms with E-state index < -0.39 is 0 Å². The molecule has 82 valence electrons. The van der Waals surface area contributed by atoms with E-state index in [4.69, 9.17) is 5.26 Å². The predicted octanol–water partition coefficient (Wildman–Crippen LogP) is 1.56. The van der Waals surface area contributed by atoms with Gasteiger partial charge in [0.25, 0.3) is 0 Å². The van der Waals surface area contributed by atoms with Gasteiger partial charge in [-0.25, -0.2) is 4.39 Å². The van der Waals surface area contributed by atoms with Crippen molar-refractivity contribution in [1.29, 1.82) is 5.26 Å². The van der Waals surface area contributed by atoms with Crippen LogP contribution in [0.5, 0.6) is 0 Å². The van der Waals surface area contributed by atoms with Gasteiger partial charge in [-0.2, -0.15) is 5.26 Å². The molecule has 0 aliphatic heterocycles. The minimum absolute atomic E-state index is 0.267. The highest BCUT2D eigenvalue weighted by atomic mass is 19.1. The summed E-state index contributed by atoms with van der Waals surface area (Å²) >= 11 is 0. The summed E-state index contributed by atoms with van der Waals surface area (Å²) in [6, 6.07) is 1.99. The zero-order chi connectivity index (χ0) is 11.3. The molecule has 0 amide bonds. The molecule has 0 fully saturated rings. The van der Waals surface area contributed by atoms with Crippen molar-refractivity contribution in [3.8, 4) is 6.07 Å². The van der Waals surface area contributed by atoms with E-state index >= 15 is 0 Å². The quantitative estimate of drug-likeness (QED) is 0.763. The maximum atomic E-state index is 13.6. The SMILES string of the molecule is CNCCN(C)C1=C(F)C=C(C#N)CC1. The second kappa shape index (κ2) is 5.52. The lowest BCUT2D eigenvalue weighted by Gasteiger charge is -2.24. The van der Waals surface area contributed by atoms with E-state index in [1.165, 1.54) is 6.08 Å². The van der Waals surface area contributed by atoms with E-state index in [0.29, 0.717) is 24.1 Å². The molecule has 0 spiro atoms. The van der Waals surface area contributed by atoms with Gasteiger partial charge in [0.1, 0.15) is 5.83 Å². The van der Waals surface area contributed by atoms with Gasteiger partial charge in [-0.05, 0) is 26.0 Å². The molecule has 0 atom stereocenters. The number of hydrogen-bond donors (Lipinski definition) is 1.